The number of aromatic amines is 1. The first-order valence-corrected chi connectivity index (χ1v) is 9.88. The van der Waals surface area contributed by atoms with Crippen LogP contribution in [0.3, 0.4) is 0 Å². The van der Waals surface area contributed by atoms with Gasteiger partial charge in [0.1, 0.15) is 11.6 Å². The number of methoxy groups -OCH3 is 1. The molecule has 0 spiro atoms. The van der Waals surface area contributed by atoms with Crippen LogP contribution >= 0.6 is 11.6 Å². The summed E-state index contributed by atoms with van der Waals surface area (Å²) in [6.07, 6.45) is 5.36. The van der Waals surface area contributed by atoms with Crippen LogP contribution < -0.4 is 15.6 Å². The van der Waals surface area contributed by atoms with Gasteiger partial charge in [0.2, 0.25) is 0 Å². The van der Waals surface area contributed by atoms with Gasteiger partial charge in [0.25, 0.3) is 5.56 Å². The van der Waals surface area contributed by atoms with E-state index in [4.69, 9.17) is 16.3 Å². The molecule has 0 unspecified atom stereocenters. The molecule has 3 heterocycles. The van der Waals surface area contributed by atoms with Crippen molar-refractivity contribution < 1.29 is 4.74 Å². The summed E-state index contributed by atoms with van der Waals surface area (Å²) in [5.41, 5.74) is 4.30. The number of aryl methyl sites for hydroxylation is 1. The van der Waals surface area contributed by atoms with Gasteiger partial charge in [-0.05, 0) is 60.9 Å². The van der Waals surface area contributed by atoms with Gasteiger partial charge in [-0.25, -0.2) is 4.98 Å². The summed E-state index contributed by atoms with van der Waals surface area (Å²) >= 11 is 6.25. The van der Waals surface area contributed by atoms with E-state index in [1.807, 2.05) is 44.3 Å². The van der Waals surface area contributed by atoms with Gasteiger partial charge in [-0.15, -0.1) is 0 Å². The number of hydrogen-bond donors (Lipinski definition) is 2. The monoisotopic (exact) mass is 420 g/mol. The molecule has 0 amide bonds. The molecule has 2 N–H and O–H groups in total. The maximum absolute atomic E-state index is 12.7. The van der Waals surface area contributed by atoms with Crippen LogP contribution in [0.2, 0.25) is 5.02 Å². The SMILES string of the molecule is COc1cc2[nH]c(=O)c([C@H](C)Nc3cc(-c4ccncc4C)ccn3)cc2cc1Cl. The third-order valence-corrected chi connectivity index (χ3v) is 5.36. The van der Waals surface area contributed by atoms with Gasteiger partial charge in [0, 0.05) is 35.6 Å². The molecule has 0 aliphatic carbocycles. The molecule has 0 aliphatic heterocycles. The van der Waals surface area contributed by atoms with Crippen molar-refractivity contribution in [1.29, 1.82) is 0 Å². The molecule has 0 bridgehead atoms. The highest BCUT2D eigenvalue weighted by molar-refractivity contribution is 6.32. The number of halogens is 1. The Morgan fingerprint density at radius 3 is 2.77 bits per heavy atom. The molecule has 0 radical (unpaired) electrons. The van der Waals surface area contributed by atoms with Crippen molar-refractivity contribution in [2.45, 2.75) is 19.9 Å². The second-order valence-corrected chi connectivity index (χ2v) is 7.52. The fourth-order valence-corrected chi connectivity index (χ4v) is 3.73. The molecule has 7 heteroatoms. The van der Waals surface area contributed by atoms with Crippen molar-refractivity contribution >= 4 is 28.3 Å². The Hall–Kier alpha value is -3.38. The molecule has 152 valence electrons. The lowest BCUT2D eigenvalue weighted by Crippen LogP contribution is -2.19. The van der Waals surface area contributed by atoms with E-state index in [0.717, 1.165) is 22.1 Å². The third kappa shape index (κ3) is 3.86. The molecule has 30 heavy (non-hydrogen) atoms. The number of H-pyrrole nitrogens is 1. The molecule has 1 aromatic carbocycles. The van der Waals surface area contributed by atoms with Crippen molar-refractivity contribution in [3.8, 4) is 16.9 Å². The number of nitrogens with one attached hydrogen (secondary N) is 2. The predicted molar refractivity (Wildman–Crippen MR) is 120 cm³/mol. The van der Waals surface area contributed by atoms with Crippen LogP contribution in [0.4, 0.5) is 5.82 Å². The van der Waals surface area contributed by atoms with Crippen LogP contribution in [0.1, 0.15) is 24.1 Å². The standard InChI is InChI=1S/C23H21ClN4O2/c1-13-12-25-6-5-17(13)15-4-7-26-22(10-15)27-14(2)18-8-16-9-19(24)21(30-3)11-20(16)28-23(18)29/h4-12,14H,1-3H3,(H,26,27)(H,28,29)/t14-/m0/s1. The average molecular weight is 421 g/mol. The highest BCUT2D eigenvalue weighted by Gasteiger charge is 2.14. The molecule has 3 aromatic heterocycles. The van der Waals surface area contributed by atoms with Crippen molar-refractivity contribution in [2.75, 3.05) is 12.4 Å². The summed E-state index contributed by atoms with van der Waals surface area (Å²) in [7, 11) is 1.54. The number of benzene rings is 1. The average Bonchev–Trinajstić information content (AvgIpc) is 2.73. The first-order chi connectivity index (χ1) is 14.5. The summed E-state index contributed by atoms with van der Waals surface area (Å²) in [6.45, 7) is 3.95. The summed E-state index contributed by atoms with van der Waals surface area (Å²) in [5, 5.41) is 4.65. The maximum atomic E-state index is 12.7. The van der Waals surface area contributed by atoms with E-state index >= 15 is 0 Å². The molecule has 1 atom stereocenters. The third-order valence-electron chi connectivity index (χ3n) is 5.07. The van der Waals surface area contributed by atoms with Crippen LogP contribution in [-0.2, 0) is 0 Å². The van der Waals surface area contributed by atoms with Gasteiger partial charge in [-0.3, -0.25) is 9.78 Å². The van der Waals surface area contributed by atoms with Gasteiger partial charge in [0.05, 0.1) is 23.7 Å². The molecule has 4 aromatic rings. The minimum Gasteiger partial charge on any atom is -0.495 e. The lowest BCUT2D eigenvalue weighted by atomic mass is 10.0. The zero-order valence-corrected chi connectivity index (χ0v) is 17.6. The fourth-order valence-electron chi connectivity index (χ4n) is 3.48. The lowest BCUT2D eigenvalue weighted by Gasteiger charge is -2.16. The van der Waals surface area contributed by atoms with Crippen LogP contribution in [0, 0.1) is 6.92 Å². The van der Waals surface area contributed by atoms with E-state index in [-0.39, 0.29) is 11.6 Å². The Morgan fingerprint density at radius 1 is 1.17 bits per heavy atom. The van der Waals surface area contributed by atoms with Crippen LogP contribution in [-0.4, -0.2) is 22.1 Å². The quantitative estimate of drug-likeness (QED) is 0.468. The molecule has 0 aliphatic rings. The normalized spacial score (nSPS) is 12.0. The van der Waals surface area contributed by atoms with Crippen molar-refractivity contribution in [3.05, 3.63) is 81.5 Å². The number of hydrogen-bond acceptors (Lipinski definition) is 5. The minimum atomic E-state index is -0.264. The summed E-state index contributed by atoms with van der Waals surface area (Å²) in [4.78, 5) is 24.2. The molecule has 4 rings (SSSR count). The molecular formula is C23H21ClN4O2. The molecule has 0 saturated heterocycles. The number of fused-ring (bicyclic) bond motifs is 1. The Bertz CT molecular complexity index is 1290. The Balaban J connectivity index is 1.66. The van der Waals surface area contributed by atoms with Crippen LogP contribution in [0.5, 0.6) is 5.75 Å². The van der Waals surface area contributed by atoms with Crippen LogP contribution in [0.15, 0.2) is 59.8 Å². The number of aromatic nitrogens is 3. The van der Waals surface area contributed by atoms with E-state index in [0.29, 0.717) is 27.7 Å². The molecule has 6 nitrogen and oxygen atoms in total. The van der Waals surface area contributed by atoms with E-state index in [2.05, 4.69) is 20.3 Å². The minimum absolute atomic E-state index is 0.173. The fraction of sp³-hybridized carbons (Fsp3) is 0.174. The topological polar surface area (TPSA) is 79.9 Å². The molecule has 0 saturated carbocycles. The lowest BCUT2D eigenvalue weighted by molar-refractivity contribution is 0.415. The second-order valence-electron chi connectivity index (χ2n) is 7.11. The van der Waals surface area contributed by atoms with Gasteiger partial charge < -0.3 is 15.0 Å². The Morgan fingerprint density at radius 2 is 2.00 bits per heavy atom. The van der Waals surface area contributed by atoms with Gasteiger partial charge >= 0.3 is 0 Å². The molecule has 0 fully saturated rings. The molecular weight excluding hydrogens is 400 g/mol. The van der Waals surface area contributed by atoms with Gasteiger partial charge in [-0.1, -0.05) is 11.6 Å². The van der Waals surface area contributed by atoms with Crippen molar-refractivity contribution in [1.82, 2.24) is 15.0 Å². The number of rotatable bonds is 5. The first kappa shape index (κ1) is 19.9. The number of anilines is 1. The smallest absolute Gasteiger partial charge is 0.253 e. The number of nitrogens with zero attached hydrogens (tertiary/aromatic N) is 2. The summed E-state index contributed by atoms with van der Waals surface area (Å²) < 4.78 is 5.23. The van der Waals surface area contributed by atoms with Gasteiger partial charge in [0.15, 0.2) is 0 Å². The maximum Gasteiger partial charge on any atom is 0.253 e. The van der Waals surface area contributed by atoms with Gasteiger partial charge in [-0.2, -0.15) is 0 Å². The predicted octanol–water partition coefficient (Wildman–Crippen LogP) is 5.13. The van der Waals surface area contributed by atoms with Crippen LogP contribution in [0.25, 0.3) is 22.0 Å². The van der Waals surface area contributed by atoms with Crippen molar-refractivity contribution in [3.63, 3.8) is 0 Å². The first-order valence-electron chi connectivity index (χ1n) is 9.50. The Labute approximate surface area is 178 Å². The number of pyridine rings is 3. The Kier molecular flexibility index (Phi) is 5.42. The summed E-state index contributed by atoms with van der Waals surface area (Å²) in [6, 6.07) is 11.0. The number of ether oxygens (including phenoxy) is 1. The van der Waals surface area contributed by atoms with E-state index < -0.39 is 0 Å². The second kappa shape index (κ2) is 8.16. The van der Waals surface area contributed by atoms with E-state index in [1.165, 1.54) is 0 Å². The summed E-state index contributed by atoms with van der Waals surface area (Å²) in [5.74, 6) is 1.20. The highest BCUT2D eigenvalue weighted by Crippen LogP contribution is 2.30. The zero-order chi connectivity index (χ0) is 21.3. The van der Waals surface area contributed by atoms with E-state index in [9.17, 15) is 4.79 Å². The highest BCUT2D eigenvalue weighted by atomic mass is 35.5. The largest absolute Gasteiger partial charge is 0.495 e. The van der Waals surface area contributed by atoms with Crippen molar-refractivity contribution in [2.24, 2.45) is 0 Å². The van der Waals surface area contributed by atoms with E-state index in [1.54, 1.807) is 31.6 Å². The zero-order valence-electron chi connectivity index (χ0n) is 16.9.